The van der Waals surface area contributed by atoms with Gasteiger partial charge in [0, 0.05) is 22.7 Å². The highest BCUT2D eigenvalue weighted by atomic mass is 79.9. The molecule has 0 bridgehead atoms. The van der Waals surface area contributed by atoms with Crippen LogP contribution in [0.3, 0.4) is 0 Å². The molecule has 0 aliphatic carbocycles. The van der Waals surface area contributed by atoms with Crippen LogP contribution in [0.25, 0.3) is 17.3 Å². The van der Waals surface area contributed by atoms with Crippen LogP contribution in [0.15, 0.2) is 63.5 Å². The van der Waals surface area contributed by atoms with Gasteiger partial charge >= 0.3 is 0 Å². The predicted octanol–water partition coefficient (Wildman–Crippen LogP) is 6.07. The highest BCUT2D eigenvalue weighted by Gasteiger charge is 2.18. The maximum atomic E-state index is 13.0. The Morgan fingerprint density at radius 3 is 2.53 bits per heavy atom. The molecule has 8 heteroatoms. The van der Waals surface area contributed by atoms with Crippen LogP contribution >= 0.6 is 15.9 Å². The van der Waals surface area contributed by atoms with Crippen molar-refractivity contribution in [2.45, 2.75) is 46.6 Å². The van der Waals surface area contributed by atoms with Gasteiger partial charge in [-0.2, -0.15) is 5.10 Å². The molecular weight excluding hydrogens is 494 g/mol. The van der Waals surface area contributed by atoms with Crippen LogP contribution in [0.4, 0.5) is 0 Å². The van der Waals surface area contributed by atoms with Gasteiger partial charge in [-0.1, -0.05) is 48.0 Å². The van der Waals surface area contributed by atoms with Gasteiger partial charge in [-0.15, -0.1) is 10.2 Å². The average Bonchev–Trinajstić information content (AvgIpc) is 3.44. The second-order valence-corrected chi connectivity index (χ2v) is 9.70. The van der Waals surface area contributed by atoms with Gasteiger partial charge in [-0.25, -0.2) is 4.68 Å². The topological polar surface area (TPSA) is 85.8 Å². The number of halogens is 1. The summed E-state index contributed by atoms with van der Waals surface area (Å²) in [7, 11) is 0. The number of amides is 1. The fourth-order valence-corrected chi connectivity index (χ4v) is 3.92. The molecule has 2 aromatic carbocycles. The van der Waals surface area contributed by atoms with Crippen LogP contribution in [0.5, 0.6) is 0 Å². The van der Waals surface area contributed by atoms with Gasteiger partial charge in [0.25, 0.3) is 11.8 Å². The Bertz CT molecular complexity index is 1280. The number of aryl methyl sites for hydroxylation is 2. The molecule has 176 valence electrons. The lowest BCUT2D eigenvalue weighted by atomic mass is 10.1. The Kier molecular flexibility index (Phi) is 7.26. The van der Waals surface area contributed by atoms with E-state index in [4.69, 9.17) is 9.52 Å². The van der Waals surface area contributed by atoms with E-state index in [1.165, 1.54) is 0 Å². The number of nitrogens with one attached hydrogen (secondary N) is 1. The molecule has 0 fully saturated rings. The van der Waals surface area contributed by atoms with E-state index < -0.39 is 0 Å². The fraction of sp³-hybridized carbons (Fsp3) is 0.308. The second-order valence-electron chi connectivity index (χ2n) is 8.79. The summed E-state index contributed by atoms with van der Waals surface area (Å²) in [5.74, 6) is 1.29. The van der Waals surface area contributed by atoms with Crippen LogP contribution in [0, 0.1) is 12.8 Å². The highest BCUT2D eigenvalue weighted by Crippen LogP contribution is 2.24. The zero-order valence-corrected chi connectivity index (χ0v) is 21.3. The van der Waals surface area contributed by atoms with Gasteiger partial charge in [0.1, 0.15) is 5.69 Å². The molecule has 0 spiro atoms. The molecule has 1 amide bonds. The van der Waals surface area contributed by atoms with Crippen LogP contribution in [0.1, 0.15) is 60.7 Å². The Hall–Kier alpha value is -3.26. The first-order valence-corrected chi connectivity index (χ1v) is 12.2. The number of nitrogens with zero attached hydrogens (tertiary/aromatic N) is 4. The summed E-state index contributed by atoms with van der Waals surface area (Å²) in [5.41, 5.74) is 4.07. The lowest BCUT2D eigenvalue weighted by molar-refractivity contribution is 0.0940. The van der Waals surface area contributed by atoms with Crippen LogP contribution in [0.2, 0.25) is 0 Å². The van der Waals surface area contributed by atoms with Crippen LogP contribution < -0.4 is 5.32 Å². The van der Waals surface area contributed by atoms with Crippen molar-refractivity contribution in [2.75, 3.05) is 0 Å². The van der Waals surface area contributed by atoms with Crippen molar-refractivity contribution in [3.05, 3.63) is 81.8 Å². The predicted molar refractivity (Wildman–Crippen MR) is 135 cm³/mol. The minimum absolute atomic E-state index is 0.122. The molecule has 2 heterocycles. The molecule has 0 saturated carbocycles. The first-order valence-electron chi connectivity index (χ1n) is 11.4. The zero-order valence-electron chi connectivity index (χ0n) is 19.7. The third kappa shape index (κ3) is 5.62. The van der Waals surface area contributed by atoms with Crippen molar-refractivity contribution in [3.63, 3.8) is 0 Å². The van der Waals surface area contributed by atoms with E-state index in [9.17, 15) is 4.79 Å². The third-order valence-corrected chi connectivity index (χ3v) is 6.11. The minimum atomic E-state index is -0.138. The van der Waals surface area contributed by atoms with Gasteiger partial charge in [-0.3, -0.25) is 4.79 Å². The molecule has 4 rings (SSSR count). The van der Waals surface area contributed by atoms with E-state index in [1.807, 2.05) is 66.2 Å². The molecule has 7 nitrogen and oxygen atoms in total. The average molecular weight is 522 g/mol. The van der Waals surface area contributed by atoms with E-state index in [0.717, 1.165) is 34.3 Å². The summed E-state index contributed by atoms with van der Waals surface area (Å²) in [6, 6.07) is 17.3. The first kappa shape index (κ1) is 23.9. The Morgan fingerprint density at radius 1 is 1.09 bits per heavy atom. The first-order chi connectivity index (χ1) is 16.3. The molecule has 2 aromatic heterocycles. The largest absolute Gasteiger partial charge is 0.420 e. The van der Waals surface area contributed by atoms with E-state index in [-0.39, 0.29) is 11.9 Å². The van der Waals surface area contributed by atoms with E-state index in [2.05, 4.69) is 45.3 Å². The quantitative estimate of drug-likeness (QED) is 0.304. The summed E-state index contributed by atoms with van der Waals surface area (Å²) >= 11 is 3.45. The summed E-state index contributed by atoms with van der Waals surface area (Å²) in [6.07, 6.45) is 1.85. The number of carbonyl (C=O) groups excluding carboxylic acids is 1. The molecule has 1 N–H and O–H groups in total. The van der Waals surface area contributed by atoms with Gasteiger partial charge in [-0.05, 0) is 67.6 Å². The molecule has 0 saturated heterocycles. The maximum absolute atomic E-state index is 13.0. The standard InChI is InChI=1S/C26H28BrN5O2/c1-16(2)8-13-23-15-24(26-30-29-18(4)34-26)31-32(23)22-7-5-6-20(14-22)25(33)28-17(3)19-9-11-21(27)12-10-19/h5-7,9-12,14-17H,8,13H2,1-4H3,(H,28,33)/t17-/m0/s1. The van der Waals surface area contributed by atoms with Crippen molar-refractivity contribution >= 4 is 21.8 Å². The normalized spacial score (nSPS) is 12.2. The zero-order chi connectivity index (χ0) is 24.2. The lowest BCUT2D eigenvalue weighted by Crippen LogP contribution is -2.26. The van der Waals surface area contributed by atoms with Gasteiger partial charge in [0.05, 0.1) is 11.7 Å². The van der Waals surface area contributed by atoms with Crippen molar-refractivity contribution < 1.29 is 9.21 Å². The molecular formula is C26H28BrN5O2. The summed E-state index contributed by atoms with van der Waals surface area (Å²) < 4.78 is 8.46. The van der Waals surface area contributed by atoms with Gasteiger partial charge in [0.15, 0.2) is 0 Å². The highest BCUT2D eigenvalue weighted by molar-refractivity contribution is 9.10. The van der Waals surface area contributed by atoms with Crippen molar-refractivity contribution in [1.82, 2.24) is 25.3 Å². The molecule has 0 aliphatic heterocycles. The monoisotopic (exact) mass is 521 g/mol. The summed E-state index contributed by atoms with van der Waals surface area (Å²) in [6.45, 7) is 8.12. The van der Waals surface area contributed by atoms with E-state index >= 15 is 0 Å². The maximum Gasteiger partial charge on any atom is 0.268 e. The van der Waals surface area contributed by atoms with Crippen molar-refractivity contribution in [2.24, 2.45) is 5.92 Å². The lowest BCUT2D eigenvalue weighted by Gasteiger charge is -2.15. The molecule has 0 aliphatic rings. The number of benzene rings is 2. The number of rotatable bonds is 8. The fourth-order valence-electron chi connectivity index (χ4n) is 3.66. The van der Waals surface area contributed by atoms with Crippen LogP contribution in [-0.2, 0) is 6.42 Å². The van der Waals surface area contributed by atoms with Crippen molar-refractivity contribution in [3.8, 4) is 17.3 Å². The number of carbonyl (C=O) groups is 1. The molecule has 0 radical (unpaired) electrons. The Morgan fingerprint density at radius 2 is 1.85 bits per heavy atom. The minimum Gasteiger partial charge on any atom is -0.420 e. The smallest absolute Gasteiger partial charge is 0.268 e. The Labute approximate surface area is 207 Å². The molecule has 1 atom stereocenters. The van der Waals surface area contributed by atoms with Gasteiger partial charge in [0.2, 0.25) is 5.89 Å². The molecule has 0 unspecified atom stereocenters. The van der Waals surface area contributed by atoms with Crippen LogP contribution in [-0.4, -0.2) is 25.9 Å². The summed E-state index contributed by atoms with van der Waals surface area (Å²) in [4.78, 5) is 13.0. The number of hydrogen-bond donors (Lipinski definition) is 1. The number of aromatic nitrogens is 4. The molecule has 4 aromatic rings. The second kappa shape index (κ2) is 10.3. The Balaban J connectivity index is 1.61. The van der Waals surface area contributed by atoms with E-state index in [0.29, 0.717) is 29.0 Å². The summed E-state index contributed by atoms with van der Waals surface area (Å²) in [5, 5.41) is 15.9. The number of hydrogen-bond acceptors (Lipinski definition) is 5. The SMILES string of the molecule is Cc1nnc(-c2cc(CCC(C)C)n(-c3cccc(C(=O)N[C@@H](C)c4ccc(Br)cc4)c3)n2)o1. The van der Waals surface area contributed by atoms with E-state index in [1.54, 1.807) is 6.92 Å². The van der Waals surface area contributed by atoms with Crippen molar-refractivity contribution in [1.29, 1.82) is 0 Å². The van der Waals surface area contributed by atoms with Gasteiger partial charge < -0.3 is 9.73 Å². The molecule has 34 heavy (non-hydrogen) atoms. The third-order valence-electron chi connectivity index (χ3n) is 5.58.